The third-order valence-electron chi connectivity index (χ3n) is 5.21. The fraction of sp³-hybridized carbons (Fsp3) is 0.450. The quantitative estimate of drug-likeness (QED) is 0.735. The lowest BCUT2D eigenvalue weighted by Crippen LogP contribution is -2.39. The molecule has 0 unspecified atom stereocenters. The monoisotopic (exact) mass is 383 g/mol. The molecule has 1 aromatic carbocycles. The number of hydrogen-bond acceptors (Lipinski definition) is 8. The van der Waals surface area contributed by atoms with Crippen molar-refractivity contribution in [1.82, 2.24) is 20.1 Å². The smallest absolute Gasteiger partial charge is 0.246 e. The molecule has 0 saturated carbocycles. The van der Waals surface area contributed by atoms with Crippen molar-refractivity contribution in [2.45, 2.75) is 32.8 Å². The second-order valence-corrected chi connectivity index (χ2v) is 7.24. The molecule has 28 heavy (non-hydrogen) atoms. The van der Waals surface area contributed by atoms with Crippen molar-refractivity contribution < 1.29 is 14.9 Å². The highest BCUT2D eigenvalue weighted by molar-refractivity contribution is 5.72. The number of likely N-dealkylation sites (tertiary alicyclic amines) is 1. The Morgan fingerprint density at radius 1 is 1.36 bits per heavy atom. The number of phenolic OH excluding ortho intramolecular Hbond substituents is 1. The van der Waals surface area contributed by atoms with E-state index in [-0.39, 0.29) is 11.9 Å². The highest BCUT2D eigenvalue weighted by Gasteiger charge is 2.22. The van der Waals surface area contributed by atoms with Crippen LogP contribution in [0.3, 0.4) is 0 Å². The molecule has 1 aromatic heterocycles. The van der Waals surface area contributed by atoms with Crippen LogP contribution in [0.25, 0.3) is 11.3 Å². The standard InChI is InChI=1S/C20H25N5O3/c1-3-25-10-13(8-14(26)11-25)9-21-20-22-12(2)18(23-24-20)16-4-5-17-15(19(16)27)6-7-28-17/h4-5,9,14,26-27H,3,6-8,10-11H2,1-2H3,(H,21,22,24)/b13-9+/t14-/m0/s1. The van der Waals surface area contributed by atoms with Crippen LogP contribution < -0.4 is 10.1 Å². The molecule has 1 atom stereocenters. The molecule has 3 heterocycles. The van der Waals surface area contributed by atoms with Gasteiger partial charge in [0.05, 0.1) is 18.4 Å². The Kier molecular flexibility index (Phi) is 5.15. The van der Waals surface area contributed by atoms with Gasteiger partial charge in [0, 0.05) is 36.8 Å². The van der Waals surface area contributed by atoms with Crippen molar-refractivity contribution in [3.63, 3.8) is 0 Å². The summed E-state index contributed by atoms with van der Waals surface area (Å²) in [5.74, 6) is 1.30. The number of aliphatic hydroxyl groups is 1. The van der Waals surface area contributed by atoms with E-state index >= 15 is 0 Å². The number of anilines is 1. The van der Waals surface area contributed by atoms with Gasteiger partial charge >= 0.3 is 0 Å². The molecule has 2 aliphatic rings. The average molecular weight is 383 g/mol. The molecule has 148 valence electrons. The highest BCUT2D eigenvalue weighted by Crippen LogP contribution is 2.40. The summed E-state index contributed by atoms with van der Waals surface area (Å²) >= 11 is 0. The van der Waals surface area contributed by atoms with Crippen LogP contribution in [-0.2, 0) is 6.42 Å². The number of rotatable bonds is 4. The summed E-state index contributed by atoms with van der Waals surface area (Å²) in [6.07, 6.45) is 2.82. The first-order valence-electron chi connectivity index (χ1n) is 9.59. The number of benzene rings is 1. The number of ether oxygens (including phenoxy) is 1. The van der Waals surface area contributed by atoms with Crippen molar-refractivity contribution in [3.05, 3.63) is 35.2 Å². The van der Waals surface area contributed by atoms with Gasteiger partial charge in [0.25, 0.3) is 0 Å². The molecule has 0 aliphatic carbocycles. The molecule has 8 heteroatoms. The van der Waals surface area contributed by atoms with E-state index in [4.69, 9.17) is 4.74 Å². The van der Waals surface area contributed by atoms with Crippen molar-refractivity contribution in [2.24, 2.45) is 0 Å². The molecule has 2 aliphatic heterocycles. The van der Waals surface area contributed by atoms with E-state index in [1.165, 1.54) is 0 Å². The minimum absolute atomic E-state index is 0.188. The summed E-state index contributed by atoms with van der Waals surface area (Å²) in [5, 5.41) is 32.1. The Morgan fingerprint density at radius 2 is 2.21 bits per heavy atom. The average Bonchev–Trinajstić information content (AvgIpc) is 3.16. The van der Waals surface area contributed by atoms with Crippen LogP contribution in [0.15, 0.2) is 23.9 Å². The number of piperidine rings is 1. The van der Waals surface area contributed by atoms with E-state index in [0.717, 1.165) is 30.0 Å². The van der Waals surface area contributed by atoms with Crippen LogP contribution in [0.2, 0.25) is 0 Å². The molecule has 0 spiro atoms. The predicted octanol–water partition coefficient (Wildman–Crippen LogP) is 1.87. The summed E-state index contributed by atoms with van der Waals surface area (Å²) < 4.78 is 5.48. The van der Waals surface area contributed by atoms with Crippen molar-refractivity contribution in [1.29, 1.82) is 0 Å². The number of nitrogens with one attached hydrogen (secondary N) is 1. The first-order chi connectivity index (χ1) is 13.5. The van der Waals surface area contributed by atoms with E-state index in [9.17, 15) is 10.2 Å². The maximum absolute atomic E-state index is 10.6. The van der Waals surface area contributed by atoms with Gasteiger partial charge in [0.15, 0.2) is 0 Å². The lowest BCUT2D eigenvalue weighted by molar-refractivity contribution is 0.0973. The van der Waals surface area contributed by atoms with Crippen LogP contribution in [0, 0.1) is 6.92 Å². The summed E-state index contributed by atoms with van der Waals surface area (Å²) in [7, 11) is 0. The summed E-state index contributed by atoms with van der Waals surface area (Å²) in [5.41, 5.74) is 3.74. The number of aliphatic hydroxyl groups excluding tert-OH is 1. The topological polar surface area (TPSA) is 104 Å². The SMILES string of the molecule is CCN1C/C(=C/Nc2nnc(-c3ccc4c(c3O)CCO4)c(C)n2)C[C@H](O)C1. The Morgan fingerprint density at radius 3 is 3.00 bits per heavy atom. The van der Waals surface area contributed by atoms with E-state index < -0.39 is 0 Å². The third-order valence-corrected chi connectivity index (χ3v) is 5.21. The molecular formula is C20H25N5O3. The Labute approximate surface area is 163 Å². The van der Waals surface area contributed by atoms with Crippen molar-refractivity contribution >= 4 is 5.95 Å². The molecule has 2 aromatic rings. The van der Waals surface area contributed by atoms with Crippen LogP contribution in [0.4, 0.5) is 5.95 Å². The normalized spacial score (nSPS) is 20.8. The minimum atomic E-state index is -0.350. The van der Waals surface area contributed by atoms with Gasteiger partial charge in [-0.25, -0.2) is 4.98 Å². The summed E-state index contributed by atoms with van der Waals surface area (Å²) in [4.78, 5) is 6.67. The minimum Gasteiger partial charge on any atom is -0.507 e. The number of likely N-dealkylation sites (N-methyl/N-ethyl adjacent to an activating group) is 1. The number of β-amino-alcohol motifs (C(OH)–C–C–N with tert-alkyl or cyclic N) is 1. The van der Waals surface area contributed by atoms with Crippen LogP contribution in [0.1, 0.15) is 24.6 Å². The number of hydrogen-bond donors (Lipinski definition) is 3. The van der Waals surface area contributed by atoms with Crippen molar-refractivity contribution in [2.75, 3.05) is 31.6 Å². The Balaban J connectivity index is 1.53. The van der Waals surface area contributed by atoms with Gasteiger partial charge in [-0.1, -0.05) is 6.92 Å². The number of fused-ring (bicyclic) bond motifs is 1. The van der Waals surface area contributed by atoms with E-state index in [1.807, 2.05) is 19.2 Å². The fourth-order valence-corrected chi connectivity index (χ4v) is 3.76. The zero-order valence-corrected chi connectivity index (χ0v) is 16.1. The number of aromatic hydroxyl groups is 1. The first kappa shape index (κ1) is 18.6. The maximum Gasteiger partial charge on any atom is 0.246 e. The molecule has 1 fully saturated rings. The lowest BCUT2D eigenvalue weighted by atomic mass is 10.0. The molecular weight excluding hydrogens is 358 g/mol. The van der Waals surface area contributed by atoms with Gasteiger partial charge in [-0.2, -0.15) is 0 Å². The van der Waals surface area contributed by atoms with E-state index in [1.54, 1.807) is 6.07 Å². The largest absolute Gasteiger partial charge is 0.507 e. The summed E-state index contributed by atoms with van der Waals surface area (Å²) in [6.45, 7) is 6.92. The second-order valence-electron chi connectivity index (χ2n) is 7.24. The second kappa shape index (κ2) is 7.73. The number of aromatic nitrogens is 3. The lowest BCUT2D eigenvalue weighted by Gasteiger charge is -2.30. The third kappa shape index (κ3) is 3.65. The van der Waals surface area contributed by atoms with Gasteiger partial charge in [0.2, 0.25) is 5.95 Å². The Hall–Kier alpha value is -2.71. The molecule has 8 nitrogen and oxygen atoms in total. The molecule has 0 radical (unpaired) electrons. The molecule has 0 amide bonds. The number of phenols is 1. The molecule has 3 N–H and O–H groups in total. The van der Waals surface area contributed by atoms with Crippen LogP contribution >= 0.6 is 0 Å². The molecule has 1 saturated heterocycles. The first-order valence-corrected chi connectivity index (χ1v) is 9.59. The molecule has 0 bridgehead atoms. The van der Waals surface area contributed by atoms with Gasteiger partial charge in [-0.15, -0.1) is 10.2 Å². The van der Waals surface area contributed by atoms with Crippen LogP contribution in [-0.4, -0.2) is 62.6 Å². The van der Waals surface area contributed by atoms with E-state index in [0.29, 0.717) is 48.9 Å². The zero-order valence-electron chi connectivity index (χ0n) is 16.1. The van der Waals surface area contributed by atoms with Gasteiger partial charge in [-0.05, 0) is 37.6 Å². The number of nitrogens with zero attached hydrogens (tertiary/aromatic N) is 4. The predicted molar refractivity (Wildman–Crippen MR) is 105 cm³/mol. The van der Waals surface area contributed by atoms with Crippen LogP contribution in [0.5, 0.6) is 11.5 Å². The zero-order chi connectivity index (χ0) is 19.7. The summed E-state index contributed by atoms with van der Waals surface area (Å²) in [6, 6.07) is 3.64. The van der Waals surface area contributed by atoms with E-state index in [2.05, 4.69) is 32.3 Å². The Bertz CT molecular complexity index is 915. The fourth-order valence-electron chi connectivity index (χ4n) is 3.76. The highest BCUT2D eigenvalue weighted by atomic mass is 16.5. The van der Waals surface area contributed by atoms with Gasteiger partial charge in [0.1, 0.15) is 17.2 Å². The van der Waals surface area contributed by atoms with Crippen molar-refractivity contribution in [3.8, 4) is 22.8 Å². The van der Waals surface area contributed by atoms with Gasteiger partial charge in [-0.3, -0.25) is 4.90 Å². The van der Waals surface area contributed by atoms with Gasteiger partial charge < -0.3 is 20.3 Å². The maximum atomic E-state index is 10.6. The molecule has 4 rings (SSSR count). The number of aryl methyl sites for hydroxylation is 1.